The molecule has 19 heavy (non-hydrogen) atoms. The van der Waals surface area contributed by atoms with Crippen molar-refractivity contribution in [1.29, 1.82) is 0 Å². The monoisotopic (exact) mass is 264 g/mol. The van der Waals surface area contributed by atoms with E-state index in [0.29, 0.717) is 11.1 Å². The van der Waals surface area contributed by atoms with Crippen LogP contribution < -0.4 is 11.2 Å². The van der Waals surface area contributed by atoms with Gasteiger partial charge in [0.15, 0.2) is 6.61 Å². The van der Waals surface area contributed by atoms with E-state index in [0.717, 1.165) is 0 Å². The molecule has 0 aliphatic rings. The van der Waals surface area contributed by atoms with Crippen LogP contribution in [0, 0.1) is 0 Å². The highest BCUT2D eigenvalue weighted by Crippen LogP contribution is 2.05. The summed E-state index contributed by atoms with van der Waals surface area (Å²) < 4.78 is 0. The number of carbonyl (C=O) groups excluding carboxylic acids is 2. The number of hydrogen-bond acceptors (Lipinski definition) is 4. The number of primary amides is 1. The highest BCUT2D eigenvalue weighted by Gasteiger charge is 2.00. The number of aliphatic carboxylic acids is 1. The van der Waals surface area contributed by atoms with Crippen LogP contribution in [0.1, 0.15) is 15.9 Å². The lowest BCUT2D eigenvalue weighted by Crippen LogP contribution is -2.24. The fourth-order valence-corrected chi connectivity index (χ4v) is 1.13. The molecule has 0 heterocycles. The summed E-state index contributed by atoms with van der Waals surface area (Å²) in [7, 11) is 0. The van der Waals surface area contributed by atoms with Crippen molar-refractivity contribution in [2.75, 3.05) is 6.61 Å². The van der Waals surface area contributed by atoms with Gasteiger partial charge >= 0.3 is 5.97 Å². The predicted octanol–water partition coefficient (Wildman–Crippen LogP) is -0.0689. The summed E-state index contributed by atoms with van der Waals surface area (Å²) in [4.78, 5) is 36.5. The van der Waals surface area contributed by atoms with E-state index in [-0.39, 0.29) is 0 Å². The first-order valence-electron chi connectivity index (χ1n) is 5.20. The molecule has 0 saturated heterocycles. The van der Waals surface area contributed by atoms with E-state index in [4.69, 9.17) is 10.8 Å². The van der Waals surface area contributed by atoms with Crippen molar-refractivity contribution in [3.05, 3.63) is 41.5 Å². The summed E-state index contributed by atoms with van der Waals surface area (Å²) in [5, 5.41) is 8.27. The number of nitrogens with one attached hydrogen (secondary N) is 1. The molecule has 0 saturated carbocycles. The van der Waals surface area contributed by atoms with Crippen molar-refractivity contribution in [1.82, 2.24) is 5.48 Å². The lowest BCUT2D eigenvalue weighted by Gasteiger charge is -1.99. The molecule has 0 bridgehead atoms. The second-order valence-electron chi connectivity index (χ2n) is 3.47. The van der Waals surface area contributed by atoms with Gasteiger partial charge in [-0.1, -0.05) is 12.1 Å². The summed E-state index contributed by atoms with van der Waals surface area (Å²) in [5.74, 6) is -2.32. The molecule has 0 spiro atoms. The van der Waals surface area contributed by atoms with Gasteiger partial charge in [-0.15, -0.1) is 0 Å². The largest absolute Gasteiger partial charge is 0.479 e. The number of amides is 2. The quantitative estimate of drug-likeness (QED) is 0.491. The molecular formula is C12H12N2O5. The Morgan fingerprint density at radius 3 is 2.42 bits per heavy atom. The first-order chi connectivity index (χ1) is 8.99. The van der Waals surface area contributed by atoms with Gasteiger partial charge < -0.3 is 10.8 Å². The van der Waals surface area contributed by atoms with E-state index >= 15 is 0 Å². The molecule has 0 aliphatic carbocycles. The van der Waals surface area contributed by atoms with E-state index < -0.39 is 24.4 Å². The average Bonchev–Trinajstić information content (AvgIpc) is 2.36. The van der Waals surface area contributed by atoms with Gasteiger partial charge in [0.1, 0.15) is 0 Å². The van der Waals surface area contributed by atoms with Gasteiger partial charge in [-0.2, -0.15) is 0 Å². The van der Waals surface area contributed by atoms with Crippen molar-refractivity contribution in [3.8, 4) is 0 Å². The summed E-state index contributed by atoms with van der Waals surface area (Å²) in [6, 6.07) is 6.28. The maximum Gasteiger partial charge on any atom is 0.332 e. The molecule has 4 N–H and O–H groups in total. The molecular weight excluding hydrogens is 252 g/mol. The van der Waals surface area contributed by atoms with Gasteiger partial charge in [0.2, 0.25) is 5.91 Å². The molecule has 7 nitrogen and oxygen atoms in total. The van der Waals surface area contributed by atoms with Crippen molar-refractivity contribution in [2.24, 2.45) is 5.73 Å². The third-order valence-electron chi connectivity index (χ3n) is 1.99. The number of benzene rings is 1. The third-order valence-corrected chi connectivity index (χ3v) is 1.99. The van der Waals surface area contributed by atoms with Gasteiger partial charge in [0.05, 0.1) is 0 Å². The van der Waals surface area contributed by atoms with Gasteiger partial charge in [0, 0.05) is 11.6 Å². The van der Waals surface area contributed by atoms with Crippen LogP contribution in [0.5, 0.6) is 0 Å². The second kappa shape index (κ2) is 6.92. The molecule has 0 fully saturated rings. The Kier molecular flexibility index (Phi) is 5.24. The van der Waals surface area contributed by atoms with Crippen molar-refractivity contribution in [2.45, 2.75) is 0 Å². The van der Waals surface area contributed by atoms with Crippen LogP contribution in [0.2, 0.25) is 0 Å². The number of nitrogens with two attached hydrogens (primary N) is 1. The molecule has 7 heteroatoms. The van der Waals surface area contributed by atoms with Crippen molar-refractivity contribution in [3.63, 3.8) is 0 Å². The highest BCUT2D eigenvalue weighted by atomic mass is 16.7. The van der Waals surface area contributed by atoms with Crippen LogP contribution in [0.15, 0.2) is 30.3 Å². The topological polar surface area (TPSA) is 119 Å². The third kappa shape index (κ3) is 5.46. The van der Waals surface area contributed by atoms with Crippen LogP contribution >= 0.6 is 0 Å². The first kappa shape index (κ1) is 14.4. The van der Waals surface area contributed by atoms with Crippen LogP contribution in [0.25, 0.3) is 6.08 Å². The fourth-order valence-electron chi connectivity index (χ4n) is 1.13. The Morgan fingerprint density at radius 1 is 1.26 bits per heavy atom. The van der Waals surface area contributed by atoms with Crippen LogP contribution in [-0.4, -0.2) is 29.5 Å². The number of carboxylic acid groups (broad SMARTS) is 1. The predicted molar refractivity (Wildman–Crippen MR) is 65.7 cm³/mol. The Bertz CT molecular complexity index is 507. The molecule has 0 atom stereocenters. The van der Waals surface area contributed by atoms with E-state index in [2.05, 4.69) is 4.84 Å². The Morgan fingerprint density at radius 2 is 1.89 bits per heavy atom. The van der Waals surface area contributed by atoms with Crippen LogP contribution in [0.3, 0.4) is 0 Å². The summed E-state index contributed by atoms with van der Waals surface area (Å²) in [6.07, 6.45) is 2.64. The smallest absolute Gasteiger partial charge is 0.332 e. The summed E-state index contributed by atoms with van der Waals surface area (Å²) in [6.45, 7) is -0.618. The number of hydrogen-bond donors (Lipinski definition) is 3. The zero-order valence-corrected chi connectivity index (χ0v) is 9.83. The van der Waals surface area contributed by atoms with Gasteiger partial charge in [-0.25, -0.2) is 10.3 Å². The molecule has 0 aliphatic heterocycles. The van der Waals surface area contributed by atoms with E-state index in [1.54, 1.807) is 12.1 Å². The number of carbonyl (C=O) groups is 3. The minimum absolute atomic E-state index is 0.367. The standard InChI is InChI=1S/C12H12N2O5/c13-12(18)9-4-1-8(2-5-9)3-6-10(15)14-19-7-11(16)17/h1-6H,7H2,(H2,13,18)(H,14,15)(H,16,17). The Hall–Kier alpha value is -2.67. The van der Waals surface area contributed by atoms with Gasteiger partial charge in [-0.05, 0) is 23.8 Å². The molecule has 1 aromatic rings. The summed E-state index contributed by atoms with van der Waals surface area (Å²) in [5.41, 5.74) is 8.06. The molecule has 1 aromatic carbocycles. The van der Waals surface area contributed by atoms with E-state index in [1.165, 1.54) is 24.3 Å². The number of rotatable bonds is 6. The fraction of sp³-hybridized carbons (Fsp3) is 0.0833. The van der Waals surface area contributed by atoms with Crippen molar-refractivity contribution >= 4 is 23.9 Å². The highest BCUT2D eigenvalue weighted by molar-refractivity contribution is 5.93. The lowest BCUT2D eigenvalue weighted by molar-refractivity contribution is -0.147. The second-order valence-corrected chi connectivity index (χ2v) is 3.47. The van der Waals surface area contributed by atoms with Crippen LogP contribution in [-0.2, 0) is 14.4 Å². The maximum absolute atomic E-state index is 11.2. The van der Waals surface area contributed by atoms with E-state index in [1.807, 2.05) is 5.48 Å². The molecule has 0 unspecified atom stereocenters. The maximum atomic E-state index is 11.2. The average molecular weight is 264 g/mol. The molecule has 0 aromatic heterocycles. The zero-order valence-electron chi connectivity index (χ0n) is 9.83. The molecule has 2 amide bonds. The van der Waals surface area contributed by atoms with E-state index in [9.17, 15) is 14.4 Å². The van der Waals surface area contributed by atoms with Crippen molar-refractivity contribution < 1.29 is 24.3 Å². The SMILES string of the molecule is NC(=O)c1ccc(C=CC(=O)NOCC(=O)O)cc1. The number of hydroxylamine groups is 1. The lowest BCUT2D eigenvalue weighted by atomic mass is 10.1. The molecule has 1 rings (SSSR count). The van der Waals surface area contributed by atoms with Crippen LogP contribution in [0.4, 0.5) is 0 Å². The van der Waals surface area contributed by atoms with Gasteiger partial charge in [-0.3, -0.25) is 14.4 Å². The molecule has 100 valence electrons. The minimum Gasteiger partial charge on any atom is -0.479 e. The first-order valence-corrected chi connectivity index (χ1v) is 5.20. The summed E-state index contributed by atoms with van der Waals surface area (Å²) >= 11 is 0. The number of carboxylic acids is 1. The Labute approximate surface area is 108 Å². The molecule has 0 radical (unpaired) electrons. The van der Waals surface area contributed by atoms with Gasteiger partial charge in [0.25, 0.3) is 5.91 Å². The zero-order chi connectivity index (χ0) is 14.3. The normalized spacial score (nSPS) is 10.3. The minimum atomic E-state index is -1.19. The Balaban J connectivity index is 2.49.